The number of carboxylic acid groups (broad SMARTS) is 1. The average Bonchev–Trinajstić information content (AvgIpc) is 3.11. The Bertz CT molecular complexity index is 627. The summed E-state index contributed by atoms with van der Waals surface area (Å²) >= 11 is 0. The lowest BCUT2D eigenvalue weighted by Crippen LogP contribution is -2.39. The Hall–Kier alpha value is -1.38. The fourth-order valence-corrected chi connectivity index (χ4v) is 4.51. The van der Waals surface area contributed by atoms with Crippen LogP contribution in [0.5, 0.6) is 0 Å². The van der Waals surface area contributed by atoms with Gasteiger partial charge in [0.25, 0.3) is 10.2 Å². The van der Waals surface area contributed by atoms with E-state index >= 15 is 0 Å². The van der Waals surface area contributed by atoms with Gasteiger partial charge in [-0.1, -0.05) is 6.42 Å². The normalized spacial score (nSPS) is 26.1. The third-order valence-corrected chi connectivity index (χ3v) is 5.85. The van der Waals surface area contributed by atoms with Crippen molar-refractivity contribution in [2.45, 2.75) is 25.8 Å². The maximum atomic E-state index is 12.2. The number of fused-ring (bicyclic) bond motifs is 1. The van der Waals surface area contributed by atoms with Crippen LogP contribution in [-0.4, -0.2) is 36.9 Å². The molecule has 1 saturated heterocycles. The molecule has 8 heteroatoms. The highest BCUT2D eigenvalue weighted by atomic mass is 32.2. The number of furan rings is 1. The molecular formula is C13H18N2O5S. The highest BCUT2D eigenvalue weighted by molar-refractivity contribution is 7.87. The second-order valence-corrected chi connectivity index (χ2v) is 7.46. The SMILES string of the molecule is O=C(O)c1coc(CNS(=O)(=O)N2C[C@H]3CCC[C@H]3C2)c1. The van der Waals surface area contributed by atoms with Crippen molar-refractivity contribution in [3.63, 3.8) is 0 Å². The number of nitrogens with zero attached hydrogens (tertiary/aromatic N) is 1. The molecule has 0 amide bonds. The first kappa shape index (κ1) is 14.6. The van der Waals surface area contributed by atoms with Gasteiger partial charge in [-0.3, -0.25) is 0 Å². The summed E-state index contributed by atoms with van der Waals surface area (Å²) in [6, 6.07) is 1.32. The first-order valence-corrected chi connectivity index (χ1v) is 8.45. The molecule has 1 aromatic rings. The minimum Gasteiger partial charge on any atom is -0.478 e. The van der Waals surface area contributed by atoms with Crippen LogP contribution >= 0.6 is 0 Å². The van der Waals surface area contributed by atoms with Crippen molar-refractivity contribution >= 4 is 16.2 Å². The summed E-state index contributed by atoms with van der Waals surface area (Å²) in [5.41, 5.74) is 0.0138. The largest absolute Gasteiger partial charge is 0.478 e. The number of aromatic carboxylic acids is 1. The fraction of sp³-hybridized carbons (Fsp3) is 0.615. The summed E-state index contributed by atoms with van der Waals surface area (Å²) in [6.45, 7) is 1.12. The first-order chi connectivity index (χ1) is 9.95. The number of carboxylic acids is 1. The highest BCUT2D eigenvalue weighted by Gasteiger charge is 2.40. The smallest absolute Gasteiger partial charge is 0.338 e. The van der Waals surface area contributed by atoms with E-state index in [1.165, 1.54) is 16.8 Å². The van der Waals surface area contributed by atoms with Crippen LogP contribution in [0.15, 0.2) is 16.7 Å². The van der Waals surface area contributed by atoms with E-state index in [4.69, 9.17) is 9.52 Å². The number of nitrogens with one attached hydrogen (secondary N) is 1. The second-order valence-electron chi connectivity index (χ2n) is 5.70. The van der Waals surface area contributed by atoms with Gasteiger partial charge >= 0.3 is 5.97 Å². The van der Waals surface area contributed by atoms with Gasteiger partial charge in [-0.05, 0) is 30.7 Å². The van der Waals surface area contributed by atoms with Crippen molar-refractivity contribution < 1.29 is 22.7 Å². The van der Waals surface area contributed by atoms with Gasteiger partial charge in [0, 0.05) is 13.1 Å². The topological polar surface area (TPSA) is 99.8 Å². The van der Waals surface area contributed by atoms with Gasteiger partial charge in [-0.2, -0.15) is 17.4 Å². The summed E-state index contributed by atoms with van der Waals surface area (Å²) in [6.07, 6.45) is 4.51. The lowest BCUT2D eigenvalue weighted by molar-refractivity contribution is 0.0696. The van der Waals surface area contributed by atoms with E-state index in [2.05, 4.69) is 4.72 Å². The highest BCUT2D eigenvalue weighted by Crippen LogP contribution is 2.38. The minimum absolute atomic E-state index is 0.0138. The van der Waals surface area contributed by atoms with E-state index in [-0.39, 0.29) is 17.9 Å². The molecule has 3 rings (SSSR count). The summed E-state index contributed by atoms with van der Waals surface area (Å²) in [4.78, 5) is 10.7. The van der Waals surface area contributed by atoms with E-state index < -0.39 is 16.2 Å². The van der Waals surface area contributed by atoms with Gasteiger partial charge in [0.05, 0.1) is 12.1 Å². The predicted octanol–water partition coefficient (Wildman–Crippen LogP) is 1.04. The fourth-order valence-electron chi connectivity index (χ4n) is 3.23. The Morgan fingerprint density at radius 3 is 2.62 bits per heavy atom. The van der Waals surface area contributed by atoms with Crippen molar-refractivity contribution in [3.8, 4) is 0 Å². The van der Waals surface area contributed by atoms with Gasteiger partial charge in [0.1, 0.15) is 12.0 Å². The van der Waals surface area contributed by atoms with E-state index in [9.17, 15) is 13.2 Å². The molecule has 1 aromatic heterocycles. The van der Waals surface area contributed by atoms with Crippen molar-refractivity contribution in [2.75, 3.05) is 13.1 Å². The molecule has 1 aliphatic heterocycles. The van der Waals surface area contributed by atoms with Crippen molar-refractivity contribution in [2.24, 2.45) is 11.8 Å². The van der Waals surface area contributed by atoms with Crippen LogP contribution in [0.2, 0.25) is 0 Å². The van der Waals surface area contributed by atoms with Crippen LogP contribution in [-0.2, 0) is 16.8 Å². The summed E-state index contributed by atoms with van der Waals surface area (Å²) < 4.78 is 33.5. The lowest BCUT2D eigenvalue weighted by atomic mass is 10.0. The number of hydrogen-bond acceptors (Lipinski definition) is 4. The Morgan fingerprint density at radius 2 is 2.05 bits per heavy atom. The van der Waals surface area contributed by atoms with Crippen LogP contribution in [0.25, 0.3) is 0 Å². The van der Waals surface area contributed by atoms with Crippen molar-refractivity contribution in [1.29, 1.82) is 0 Å². The standard InChI is InChI=1S/C13H18N2O5S/c16-13(17)11-4-12(20-8-11)5-14-21(18,19)15-6-9-2-1-3-10(9)7-15/h4,8-10,14H,1-3,5-7H2,(H,16,17)/t9-,10+. The van der Waals surface area contributed by atoms with Crippen molar-refractivity contribution in [1.82, 2.24) is 9.03 Å². The molecule has 2 atom stereocenters. The summed E-state index contributed by atoms with van der Waals surface area (Å²) in [5.74, 6) is 0.170. The molecule has 0 bridgehead atoms. The van der Waals surface area contributed by atoms with Crippen LogP contribution in [0.3, 0.4) is 0 Å². The molecule has 2 aliphatic rings. The number of carbonyl (C=O) groups is 1. The van der Waals surface area contributed by atoms with Crippen LogP contribution in [0.1, 0.15) is 35.4 Å². The zero-order valence-electron chi connectivity index (χ0n) is 11.5. The van der Waals surface area contributed by atoms with Gasteiger partial charge in [-0.25, -0.2) is 4.79 Å². The molecule has 21 heavy (non-hydrogen) atoms. The molecular weight excluding hydrogens is 296 g/mol. The molecule has 1 aliphatic carbocycles. The molecule has 0 unspecified atom stereocenters. The van der Waals surface area contributed by atoms with E-state index in [0.717, 1.165) is 19.1 Å². The van der Waals surface area contributed by atoms with Crippen LogP contribution in [0.4, 0.5) is 0 Å². The zero-order chi connectivity index (χ0) is 15.0. The average molecular weight is 314 g/mol. The monoisotopic (exact) mass is 314 g/mol. The molecule has 2 heterocycles. The van der Waals surface area contributed by atoms with Crippen LogP contribution in [0, 0.1) is 11.8 Å². The zero-order valence-corrected chi connectivity index (χ0v) is 12.3. The molecule has 0 aromatic carbocycles. The number of rotatable bonds is 5. The Labute approximate surface area is 123 Å². The Balaban J connectivity index is 1.60. The summed E-state index contributed by atoms with van der Waals surface area (Å²) in [5, 5.41) is 8.78. The van der Waals surface area contributed by atoms with Gasteiger partial charge < -0.3 is 9.52 Å². The quantitative estimate of drug-likeness (QED) is 0.846. The predicted molar refractivity (Wildman–Crippen MR) is 73.8 cm³/mol. The van der Waals surface area contributed by atoms with Gasteiger partial charge in [-0.15, -0.1) is 0 Å². The molecule has 2 N–H and O–H groups in total. The molecule has 7 nitrogen and oxygen atoms in total. The lowest BCUT2D eigenvalue weighted by Gasteiger charge is -2.17. The maximum absolute atomic E-state index is 12.2. The molecule has 2 fully saturated rings. The molecule has 0 spiro atoms. The third kappa shape index (κ3) is 2.97. The minimum atomic E-state index is -3.54. The number of hydrogen-bond donors (Lipinski definition) is 2. The molecule has 0 radical (unpaired) electrons. The maximum Gasteiger partial charge on any atom is 0.338 e. The van der Waals surface area contributed by atoms with Crippen molar-refractivity contribution in [3.05, 3.63) is 23.7 Å². The van der Waals surface area contributed by atoms with Gasteiger partial charge in [0.2, 0.25) is 0 Å². The third-order valence-electron chi connectivity index (χ3n) is 4.36. The van der Waals surface area contributed by atoms with Gasteiger partial charge in [0.15, 0.2) is 0 Å². The Morgan fingerprint density at radius 1 is 1.38 bits per heavy atom. The first-order valence-electron chi connectivity index (χ1n) is 7.01. The van der Waals surface area contributed by atoms with E-state index in [0.29, 0.717) is 24.9 Å². The molecule has 116 valence electrons. The second kappa shape index (κ2) is 5.43. The van der Waals surface area contributed by atoms with E-state index in [1.807, 2.05) is 0 Å². The van der Waals surface area contributed by atoms with E-state index in [1.54, 1.807) is 0 Å². The Kier molecular flexibility index (Phi) is 3.76. The molecule has 1 saturated carbocycles. The van der Waals surface area contributed by atoms with Crippen LogP contribution < -0.4 is 4.72 Å². The summed E-state index contributed by atoms with van der Waals surface area (Å²) in [7, 11) is -3.54.